The average molecular weight is 484 g/mol. The second-order valence-electron chi connectivity index (χ2n) is 8.02. The highest BCUT2D eigenvalue weighted by Crippen LogP contribution is 2.30. The summed E-state index contributed by atoms with van der Waals surface area (Å²) in [6.07, 6.45) is 2.24. The number of para-hydroxylation sites is 1. The number of nitrogens with one attached hydrogen (secondary N) is 2. The topological polar surface area (TPSA) is 131 Å². The molecule has 1 atom stereocenters. The third-order valence-electron chi connectivity index (χ3n) is 5.67. The normalized spacial score (nSPS) is 12.7. The summed E-state index contributed by atoms with van der Waals surface area (Å²) in [6, 6.07) is 14.0. The number of hydrogen-bond donors (Lipinski definition) is 3. The van der Waals surface area contributed by atoms with Gasteiger partial charge in [-0.25, -0.2) is 8.42 Å². The van der Waals surface area contributed by atoms with Gasteiger partial charge in [-0.05, 0) is 42.8 Å². The first-order chi connectivity index (χ1) is 16.2. The molecule has 4 aromatic rings. The maximum atomic E-state index is 12.9. The van der Waals surface area contributed by atoms with Gasteiger partial charge in [-0.3, -0.25) is 9.59 Å². The first-order valence-electron chi connectivity index (χ1n) is 10.8. The number of carboxylic acid groups (broad SMARTS) is 1. The second kappa shape index (κ2) is 9.70. The number of fused-ring (bicyclic) bond motifs is 3. The minimum Gasteiger partial charge on any atom is -0.480 e. The highest BCUT2D eigenvalue weighted by molar-refractivity contribution is 7.89. The Hall–Kier alpha value is -3.63. The van der Waals surface area contributed by atoms with E-state index in [2.05, 4.69) is 10.0 Å². The van der Waals surface area contributed by atoms with Crippen molar-refractivity contribution in [3.8, 4) is 0 Å². The highest BCUT2D eigenvalue weighted by Gasteiger charge is 2.26. The Morgan fingerprint density at radius 1 is 1.06 bits per heavy atom. The predicted octanol–water partition coefficient (Wildman–Crippen LogP) is 2.80. The van der Waals surface area contributed by atoms with Crippen molar-refractivity contribution >= 4 is 43.8 Å². The van der Waals surface area contributed by atoms with Crippen molar-refractivity contribution < 1.29 is 27.5 Å². The first-order valence-corrected chi connectivity index (χ1v) is 12.3. The monoisotopic (exact) mass is 483 g/mol. The molecule has 10 heteroatoms. The Kier molecular flexibility index (Phi) is 6.71. The van der Waals surface area contributed by atoms with Crippen LogP contribution in [0.5, 0.6) is 0 Å². The van der Waals surface area contributed by atoms with Gasteiger partial charge in [0.2, 0.25) is 15.9 Å². The molecule has 2 aromatic heterocycles. The predicted molar refractivity (Wildman–Crippen MR) is 127 cm³/mol. The molecule has 0 spiro atoms. The van der Waals surface area contributed by atoms with Gasteiger partial charge in [-0.1, -0.05) is 18.2 Å². The minimum absolute atomic E-state index is 0.0789. The van der Waals surface area contributed by atoms with Crippen molar-refractivity contribution in [1.82, 2.24) is 14.6 Å². The van der Waals surface area contributed by atoms with Gasteiger partial charge in [-0.2, -0.15) is 4.72 Å². The third kappa shape index (κ3) is 5.13. The van der Waals surface area contributed by atoms with Crippen LogP contribution in [0.15, 0.2) is 70.1 Å². The Bertz CT molecular complexity index is 1450. The smallest absolute Gasteiger partial charge is 0.321 e. The molecular weight excluding hydrogens is 458 g/mol. The standard InChI is InChI=1S/C24H25N3O6S/c1-27-14-4-5-16(27)12-13-25-23(28)11-9-20(24(29)30)26-34(31,32)17-8-10-22-19(15-17)18-6-2-3-7-21(18)33-22/h2-8,10,14-15,20,26H,9,11-13H2,1H3,(H,25,28)(H,29,30). The number of rotatable bonds is 10. The van der Waals surface area contributed by atoms with E-state index in [0.717, 1.165) is 11.1 Å². The number of aryl methyl sites for hydroxylation is 1. The summed E-state index contributed by atoms with van der Waals surface area (Å²) >= 11 is 0. The number of furan rings is 1. The van der Waals surface area contributed by atoms with Crippen LogP contribution < -0.4 is 10.0 Å². The van der Waals surface area contributed by atoms with E-state index in [0.29, 0.717) is 29.5 Å². The summed E-state index contributed by atoms with van der Waals surface area (Å²) in [5, 5.41) is 13.6. The van der Waals surface area contributed by atoms with Crippen LogP contribution in [0.25, 0.3) is 21.9 Å². The summed E-state index contributed by atoms with van der Waals surface area (Å²) in [4.78, 5) is 23.8. The van der Waals surface area contributed by atoms with E-state index in [1.807, 2.05) is 48.1 Å². The average Bonchev–Trinajstić information content (AvgIpc) is 3.39. The van der Waals surface area contributed by atoms with Crippen LogP contribution in [0.2, 0.25) is 0 Å². The first kappa shape index (κ1) is 23.5. The number of sulfonamides is 1. The Balaban J connectivity index is 1.40. The maximum Gasteiger partial charge on any atom is 0.321 e. The Morgan fingerprint density at radius 3 is 2.56 bits per heavy atom. The second-order valence-corrected chi connectivity index (χ2v) is 9.73. The minimum atomic E-state index is -4.15. The molecule has 0 radical (unpaired) electrons. The van der Waals surface area contributed by atoms with E-state index in [1.165, 1.54) is 12.1 Å². The summed E-state index contributed by atoms with van der Waals surface area (Å²) in [7, 11) is -2.24. The molecule has 0 fully saturated rings. The number of aliphatic carboxylic acids is 1. The molecule has 9 nitrogen and oxygen atoms in total. The molecule has 4 rings (SSSR count). The summed E-state index contributed by atoms with van der Waals surface area (Å²) in [5.41, 5.74) is 2.21. The lowest BCUT2D eigenvalue weighted by molar-refractivity contribution is -0.139. The maximum absolute atomic E-state index is 12.9. The zero-order valence-corrected chi connectivity index (χ0v) is 19.3. The van der Waals surface area contributed by atoms with Gasteiger partial charge in [-0.15, -0.1) is 0 Å². The van der Waals surface area contributed by atoms with Crippen molar-refractivity contribution in [3.05, 3.63) is 66.5 Å². The zero-order chi connectivity index (χ0) is 24.3. The van der Waals surface area contributed by atoms with Gasteiger partial charge in [0.1, 0.15) is 17.2 Å². The molecule has 2 heterocycles. The fourth-order valence-electron chi connectivity index (χ4n) is 3.81. The van der Waals surface area contributed by atoms with Crippen LogP contribution in [-0.4, -0.2) is 42.6 Å². The van der Waals surface area contributed by atoms with Gasteiger partial charge in [0.05, 0.1) is 4.90 Å². The van der Waals surface area contributed by atoms with Crippen molar-refractivity contribution in [2.75, 3.05) is 6.54 Å². The number of carbonyl (C=O) groups excluding carboxylic acids is 1. The van der Waals surface area contributed by atoms with Crippen molar-refractivity contribution in [3.63, 3.8) is 0 Å². The van der Waals surface area contributed by atoms with E-state index in [1.54, 1.807) is 12.1 Å². The largest absolute Gasteiger partial charge is 0.480 e. The molecule has 0 bridgehead atoms. The summed E-state index contributed by atoms with van der Waals surface area (Å²) in [6.45, 7) is 0.402. The van der Waals surface area contributed by atoms with Crippen LogP contribution in [-0.2, 0) is 33.1 Å². The van der Waals surface area contributed by atoms with Crippen molar-refractivity contribution in [2.24, 2.45) is 7.05 Å². The number of amides is 1. The highest BCUT2D eigenvalue weighted by atomic mass is 32.2. The molecule has 3 N–H and O–H groups in total. The molecule has 0 aliphatic rings. The summed E-state index contributed by atoms with van der Waals surface area (Å²) < 4.78 is 35.7. The van der Waals surface area contributed by atoms with Crippen molar-refractivity contribution in [1.29, 1.82) is 0 Å². The van der Waals surface area contributed by atoms with E-state index in [-0.39, 0.29) is 23.6 Å². The molecule has 1 unspecified atom stereocenters. The molecule has 178 valence electrons. The van der Waals surface area contributed by atoms with Crippen LogP contribution in [0.1, 0.15) is 18.5 Å². The number of aromatic nitrogens is 1. The lowest BCUT2D eigenvalue weighted by Crippen LogP contribution is -2.41. The quantitative estimate of drug-likeness (QED) is 0.318. The van der Waals surface area contributed by atoms with Gasteiger partial charge in [0.25, 0.3) is 0 Å². The van der Waals surface area contributed by atoms with Crippen LogP contribution in [0, 0.1) is 0 Å². The lowest BCUT2D eigenvalue weighted by Gasteiger charge is -2.15. The van der Waals surface area contributed by atoms with Crippen LogP contribution in [0.3, 0.4) is 0 Å². The molecule has 0 saturated heterocycles. The summed E-state index contributed by atoms with van der Waals surface area (Å²) in [5.74, 6) is -1.69. The zero-order valence-electron chi connectivity index (χ0n) is 18.5. The fraction of sp³-hybridized carbons (Fsp3) is 0.250. The molecule has 1 amide bonds. The van der Waals surface area contributed by atoms with Crippen LogP contribution >= 0.6 is 0 Å². The van der Waals surface area contributed by atoms with Gasteiger partial charge >= 0.3 is 5.97 Å². The number of benzene rings is 2. The van der Waals surface area contributed by atoms with Gasteiger partial charge < -0.3 is 19.4 Å². The van der Waals surface area contributed by atoms with Crippen LogP contribution in [0.4, 0.5) is 0 Å². The fourth-order valence-corrected chi connectivity index (χ4v) is 5.06. The van der Waals surface area contributed by atoms with Gasteiger partial charge in [0, 0.05) is 49.1 Å². The lowest BCUT2D eigenvalue weighted by atomic mass is 10.1. The third-order valence-corrected chi connectivity index (χ3v) is 7.14. The Labute approximate surface area is 196 Å². The van der Waals surface area contributed by atoms with E-state index < -0.39 is 22.0 Å². The van der Waals surface area contributed by atoms with E-state index in [4.69, 9.17) is 4.42 Å². The number of hydrogen-bond acceptors (Lipinski definition) is 5. The van der Waals surface area contributed by atoms with Crippen molar-refractivity contribution in [2.45, 2.75) is 30.2 Å². The number of nitrogens with zero attached hydrogens (tertiary/aromatic N) is 1. The number of carboxylic acids is 1. The molecule has 0 aliphatic carbocycles. The number of carbonyl (C=O) groups is 2. The molecule has 34 heavy (non-hydrogen) atoms. The van der Waals surface area contributed by atoms with E-state index >= 15 is 0 Å². The molecule has 0 saturated carbocycles. The molecule has 2 aromatic carbocycles. The van der Waals surface area contributed by atoms with Gasteiger partial charge in [0.15, 0.2) is 0 Å². The van der Waals surface area contributed by atoms with E-state index in [9.17, 15) is 23.1 Å². The SMILES string of the molecule is Cn1cccc1CCNC(=O)CCC(NS(=O)(=O)c1ccc2oc3ccccc3c2c1)C(=O)O. The molecule has 0 aliphatic heterocycles. The Morgan fingerprint density at radius 2 is 1.82 bits per heavy atom. The molecular formula is C24H25N3O6S.